The highest BCUT2D eigenvalue weighted by molar-refractivity contribution is 5.03. The molecule has 0 spiro atoms. The van der Waals surface area contributed by atoms with Gasteiger partial charge in [0.25, 0.3) is 0 Å². The maximum absolute atomic E-state index is 3.55. The topological polar surface area (TPSA) is 15.3 Å². The van der Waals surface area contributed by atoms with Gasteiger partial charge in [0, 0.05) is 13.6 Å². The van der Waals surface area contributed by atoms with Crippen molar-refractivity contribution in [2.45, 2.75) is 0 Å². The SMILES string of the molecule is C=C=C1CNCN1C. The fourth-order valence-electron chi connectivity index (χ4n) is 0.770. The van der Waals surface area contributed by atoms with E-state index < -0.39 is 0 Å². The fourth-order valence-corrected chi connectivity index (χ4v) is 0.770. The van der Waals surface area contributed by atoms with Gasteiger partial charge in [0.1, 0.15) is 0 Å². The Morgan fingerprint density at radius 3 is 2.88 bits per heavy atom. The second-order valence-corrected chi connectivity index (χ2v) is 1.91. The second kappa shape index (κ2) is 2.03. The predicted molar refractivity (Wildman–Crippen MR) is 33.3 cm³/mol. The summed E-state index contributed by atoms with van der Waals surface area (Å²) < 4.78 is 0. The number of nitrogens with zero attached hydrogens (tertiary/aromatic N) is 1. The molecule has 0 unspecified atom stereocenters. The van der Waals surface area contributed by atoms with Crippen molar-refractivity contribution >= 4 is 0 Å². The van der Waals surface area contributed by atoms with Crippen molar-refractivity contribution in [3.63, 3.8) is 0 Å². The van der Waals surface area contributed by atoms with Crippen LogP contribution in [0.1, 0.15) is 0 Å². The Balaban J connectivity index is 2.68. The van der Waals surface area contributed by atoms with E-state index >= 15 is 0 Å². The maximum Gasteiger partial charge on any atom is 0.0707 e. The number of nitrogens with one attached hydrogen (secondary N) is 1. The molecule has 1 saturated heterocycles. The van der Waals surface area contributed by atoms with Gasteiger partial charge in [-0.1, -0.05) is 6.58 Å². The number of hydrogen-bond donors (Lipinski definition) is 1. The molecule has 1 N–H and O–H groups in total. The van der Waals surface area contributed by atoms with Crippen LogP contribution in [0.3, 0.4) is 0 Å². The average molecular weight is 110 g/mol. The number of hydrogen-bond acceptors (Lipinski definition) is 2. The van der Waals surface area contributed by atoms with Crippen LogP contribution in [0.25, 0.3) is 0 Å². The quantitative estimate of drug-likeness (QED) is 0.446. The molecule has 1 rings (SSSR count). The van der Waals surface area contributed by atoms with Gasteiger partial charge in [0.05, 0.1) is 12.4 Å². The molecule has 2 heteroatoms. The van der Waals surface area contributed by atoms with E-state index in [1.807, 2.05) is 7.05 Å². The van der Waals surface area contributed by atoms with Gasteiger partial charge in [-0.05, 0) is 0 Å². The van der Waals surface area contributed by atoms with Crippen LogP contribution < -0.4 is 5.32 Å². The summed E-state index contributed by atoms with van der Waals surface area (Å²) in [7, 11) is 2.02. The van der Waals surface area contributed by atoms with Crippen LogP contribution >= 0.6 is 0 Å². The van der Waals surface area contributed by atoms with Crippen LogP contribution in [0.5, 0.6) is 0 Å². The van der Waals surface area contributed by atoms with Crippen molar-refractivity contribution in [1.29, 1.82) is 0 Å². The summed E-state index contributed by atoms with van der Waals surface area (Å²) in [5.74, 6) is 0. The second-order valence-electron chi connectivity index (χ2n) is 1.91. The Kier molecular flexibility index (Phi) is 1.38. The summed E-state index contributed by atoms with van der Waals surface area (Å²) in [6.45, 7) is 5.39. The van der Waals surface area contributed by atoms with Crippen LogP contribution in [-0.4, -0.2) is 25.2 Å². The van der Waals surface area contributed by atoms with E-state index in [1.165, 1.54) is 0 Å². The summed E-state index contributed by atoms with van der Waals surface area (Å²) in [5.41, 5.74) is 4.00. The van der Waals surface area contributed by atoms with Gasteiger partial charge in [-0.2, -0.15) is 0 Å². The summed E-state index contributed by atoms with van der Waals surface area (Å²) in [5, 5.41) is 3.16. The van der Waals surface area contributed by atoms with Crippen molar-refractivity contribution in [2.24, 2.45) is 0 Å². The molecular weight excluding hydrogens is 100 g/mol. The van der Waals surface area contributed by atoms with Gasteiger partial charge in [0.15, 0.2) is 0 Å². The largest absolute Gasteiger partial charge is 0.358 e. The van der Waals surface area contributed by atoms with E-state index in [2.05, 4.69) is 22.5 Å². The van der Waals surface area contributed by atoms with E-state index in [0.717, 1.165) is 18.9 Å². The molecule has 0 saturated carbocycles. The lowest BCUT2D eigenvalue weighted by Gasteiger charge is -2.06. The number of likely N-dealkylation sites (N-methyl/N-ethyl adjacent to an activating group) is 1. The van der Waals surface area contributed by atoms with Crippen LogP contribution in [0, 0.1) is 0 Å². The van der Waals surface area contributed by atoms with E-state index in [0.29, 0.717) is 0 Å². The first-order valence-corrected chi connectivity index (χ1v) is 2.65. The van der Waals surface area contributed by atoms with Gasteiger partial charge < -0.3 is 4.90 Å². The Labute approximate surface area is 49.5 Å². The van der Waals surface area contributed by atoms with Gasteiger partial charge >= 0.3 is 0 Å². The Morgan fingerprint density at radius 2 is 2.62 bits per heavy atom. The molecule has 0 aromatic rings. The van der Waals surface area contributed by atoms with Gasteiger partial charge in [-0.25, -0.2) is 0 Å². The fraction of sp³-hybridized carbons (Fsp3) is 0.500. The van der Waals surface area contributed by atoms with Crippen LogP contribution in [0.4, 0.5) is 0 Å². The Morgan fingerprint density at radius 1 is 1.88 bits per heavy atom. The molecular formula is C6H10N2. The molecule has 8 heavy (non-hydrogen) atoms. The minimum atomic E-state index is 0.917. The maximum atomic E-state index is 3.55. The predicted octanol–water partition coefficient (Wildman–Crippen LogP) is 0.148. The Bertz CT molecular complexity index is 133. The molecule has 1 aliphatic rings. The zero-order valence-corrected chi connectivity index (χ0v) is 5.07. The van der Waals surface area contributed by atoms with Crippen LogP contribution in [0.2, 0.25) is 0 Å². The highest BCUT2D eigenvalue weighted by Crippen LogP contribution is 2.00. The van der Waals surface area contributed by atoms with E-state index in [4.69, 9.17) is 0 Å². The molecule has 0 atom stereocenters. The first kappa shape index (κ1) is 5.42. The lowest BCUT2D eigenvalue weighted by Crippen LogP contribution is -2.14. The molecule has 1 fully saturated rings. The van der Waals surface area contributed by atoms with E-state index in [9.17, 15) is 0 Å². The highest BCUT2D eigenvalue weighted by atomic mass is 15.3. The van der Waals surface area contributed by atoms with Gasteiger partial charge in [-0.3, -0.25) is 5.32 Å². The monoisotopic (exact) mass is 110 g/mol. The van der Waals surface area contributed by atoms with Crippen molar-refractivity contribution in [2.75, 3.05) is 20.3 Å². The Hall–Kier alpha value is -0.720. The zero-order valence-electron chi connectivity index (χ0n) is 5.07. The molecule has 0 aliphatic carbocycles. The lowest BCUT2D eigenvalue weighted by molar-refractivity contribution is 0.467. The summed E-state index contributed by atoms with van der Waals surface area (Å²) >= 11 is 0. The van der Waals surface area contributed by atoms with Crippen molar-refractivity contribution in [3.8, 4) is 0 Å². The first-order chi connectivity index (χ1) is 3.84. The summed E-state index contributed by atoms with van der Waals surface area (Å²) in [6.07, 6.45) is 0. The first-order valence-electron chi connectivity index (χ1n) is 2.65. The molecule has 1 heterocycles. The lowest BCUT2D eigenvalue weighted by atomic mass is 10.5. The summed E-state index contributed by atoms with van der Waals surface area (Å²) in [4.78, 5) is 2.09. The molecule has 0 bridgehead atoms. The van der Waals surface area contributed by atoms with Crippen LogP contribution in [0.15, 0.2) is 18.0 Å². The minimum absolute atomic E-state index is 0.917. The zero-order chi connectivity index (χ0) is 5.98. The highest BCUT2D eigenvalue weighted by Gasteiger charge is 2.08. The molecule has 1 aliphatic heterocycles. The van der Waals surface area contributed by atoms with Gasteiger partial charge in [-0.15, -0.1) is 5.73 Å². The van der Waals surface area contributed by atoms with Crippen LogP contribution in [-0.2, 0) is 0 Å². The molecule has 2 nitrogen and oxygen atoms in total. The minimum Gasteiger partial charge on any atom is -0.358 e. The van der Waals surface area contributed by atoms with Gasteiger partial charge in [0.2, 0.25) is 0 Å². The molecule has 44 valence electrons. The third kappa shape index (κ3) is 0.760. The standard InChI is InChI=1S/C6H10N2/c1-3-6-4-7-5-8(6)2/h7H,1,4-5H2,2H3. The van der Waals surface area contributed by atoms with E-state index in [1.54, 1.807) is 0 Å². The third-order valence-corrected chi connectivity index (χ3v) is 1.31. The molecule has 0 radical (unpaired) electrons. The van der Waals surface area contributed by atoms with Crippen molar-refractivity contribution in [3.05, 3.63) is 18.0 Å². The molecule has 0 amide bonds. The van der Waals surface area contributed by atoms with E-state index in [-0.39, 0.29) is 0 Å². The normalized spacial score (nSPS) is 19.1. The van der Waals surface area contributed by atoms with Crippen molar-refractivity contribution < 1.29 is 0 Å². The van der Waals surface area contributed by atoms with Crippen molar-refractivity contribution in [1.82, 2.24) is 10.2 Å². The smallest absolute Gasteiger partial charge is 0.0707 e. The average Bonchev–Trinajstić information content (AvgIpc) is 2.14. The summed E-state index contributed by atoms with van der Waals surface area (Å²) in [6, 6.07) is 0. The molecule has 0 aromatic carbocycles. The third-order valence-electron chi connectivity index (χ3n) is 1.31. The number of rotatable bonds is 0. The molecule has 0 aromatic heterocycles.